The molecule has 2 aromatic heterocycles. The zero-order valence-corrected chi connectivity index (χ0v) is 13.8. The van der Waals surface area contributed by atoms with Crippen LogP contribution in [0.2, 0.25) is 0 Å². The Bertz CT molecular complexity index is 939. The minimum absolute atomic E-state index is 0.232. The first-order chi connectivity index (χ1) is 11.8. The molecular weight excluding hydrogens is 296 g/mol. The summed E-state index contributed by atoms with van der Waals surface area (Å²) in [6, 6.07) is 13.0. The Morgan fingerprint density at radius 1 is 1.12 bits per heavy atom. The molecule has 1 aromatic carbocycles. The first kappa shape index (κ1) is 13.7. The summed E-state index contributed by atoms with van der Waals surface area (Å²) in [5.74, 6) is 0. The fourth-order valence-electron chi connectivity index (χ4n) is 4.00. The van der Waals surface area contributed by atoms with Gasteiger partial charge in [0.1, 0.15) is 11.8 Å². The number of pyridine rings is 1. The van der Waals surface area contributed by atoms with Crippen molar-refractivity contribution < 1.29 is 0 Å². The van der Waals surface area contributed by atoms with Crippen LogP contribution in [0.25, 0.3) is 5.65 Å². The molecule has 1 saturated heterocycles. The van der Waals surface area contributed by atoms with Crippen molar-refractivity contribution in [3.8, 4) is 0 Å². The Balaban J connectivity index is 1.64. The van der Waals surface area contributed by atoms with Gasteiger partial charge in [0.25, 0.3) is 0 Å². The van der Waals surface area contributed by atoms with Gasteiger partial charge in [-0.15, -0.1) is 0 Å². The molecule has 0 spiro atoms. The van der Waals surface area contributed by atoms with E-state index in [1.807, 2.05) is 12.4 Å². The van der Waals surface area contributed by atoms with Crippen LogP contribution in [0.5, 0.6) is 0 Å². The lowest BCUT2D eigenvalue weighted by molar-refractivity contribution is 0.318. The summed E-state index contributed by atoms with van der Waals surface area (Å²) < 4.78 is 2.11. The highest BCUT2D eigenvalue weighted by molar-refractivity contribution is 5.59. The average Bonchev–Trinajstić information content (AvgIpc) is 3.29. The van der Waals surface area contributed by atoms with E-state index in [9.17, 15) is 0 Å². The number of aryl methyl sites for hydroxylation is 1. The van der Waals surface area contributed by atoms with E-state index in [0.29, 0.717) is 0 Å². The van der Waals surface area contributed by atoms with Crippen LogP contribution in [0, 0.1) is 6.92 Å². The highest BCUT2D eigenvalue weighted by Crippen LogP contribution is 2.43. The highest BCUT2D eigenvalue weighted by atomic mass is 15.4. The zero-order valence-electron chi connectivity index (χ0n) is 13.8. The minimum Gasteiger partial charge on any atom is -0.349 e. The molecule has 4 heterocycles. The van der Waals surface area contributed by atoms with Gasteiger partial charge in [-0.2, -0.15) is 0 Å². The largest absolute Gasteiger partial charge is 0.349 e. The third-order valence-corrected chi connectivity index (χ3v) is 5.15. The molecule has 0 radical (unpaired) electrons. The fraction of sp³-hybridized carbons (Fsp3) is 0.250. The summed E-state index contributed by atoms with van der Waals surface area (Å²) in [4.78, 5) is 9.35. The van der Waals surface area contributed by atoms with Crippen molar-refractivity contribution in [2.45, 2.75) is 25.9 Å². The Hall–Kier alpha value is -2.75. The summed E-state index contributed by atoms with van der Waals surface area (Å²) in [5, 5.41) is 0. The van der Waals surface area contributed by atoms with Gasteiger partial charge >= 0.3 is 0 Å². The molecule has 0 saturated carbocycles. The standard InChI is InChI=1S/C20H20N4/c1-15-5-2-3-7-18(15)24-14-17-6-4-11-23(17)20(24)16-8-9-19-21-10-12-22(19)13-16/h2-3,5,7-10,12-14,20H,4,6,11H2,1H3. The molecule has 1 atom stereocenters. The molecule has 1 fully saturated rings. The molecule has 2 aliphatic heterocycles. The third kappa shape index (κ3) is 1.96. The lowest BCUT2D eigenvalue weighted by atomic mass is 10.1. The number of allylic oxidation sites excluding steroid dienone is 1. The van der Waals surface area contributed by atoms with Crippen molar-refractivity contribution >= 4 is 11.3 Å². The van der Waals surface area contributed by atoms with Gasteiger partial charge in [-0.25, -0.2) is 4.98 Å². The van der Waals surface area contributed by atoms with Crippen LogP contribution < -0.4 is 4.90 Å². The monoisotopic (exact) mass is 316 g/mol. The highest BCUT2D eigenvalue weighted by Gasteiger charge is 2.37. The molecule has 4 nitrogen and oxygen atoms in total. The van der Waals surface area contributed by atoms with E-state index in [2.05, 4.69) is 74.9 Å². The van der Waals surface area contributed by atoms with Crippen molar-refractivity contribution in [3.63, 3.8) is 0 Å². The van der Waals surface area contributed by atoms with E-state index >= 15 is 0 Å². The molecule has 0 bridgehead atoms. The van der Waals surface area contributed by atoms with Crippen molar-refractivity contribution in [1.29, 1.82) is 0 Å². The normalized spacial score (nSPS) is 19.9. The molecular formula is C20H20N4. The summed E-state index contributed by atoms with van der Waals surface area (Å²) in [6.45, 7) is 3.31. The van der Waals surface area contributed by atoms with Crippen LogP contribution in [-0.4, -0.2) is 20.8 Å². The predicted molar refractivity (Wildman–Crippen MR) is 95.6 cm³/mol. The molecule has 1 unspecified atom stereocenters. The zero-order chi connectivity index (χ0) is 16.1. The summed E-state index contributed by atoms with van der Waals surface area (Å²) in [6.07, 6.45) is 11.1. The van der Waals surface area contributed by atoms with Crippen LogP contribution in [0.3, 0.4) is 0 Å². The molecule has 4 heteroatoms. The fourth-order valence-corrected chi connectivity index (χ4v) is 4.00. The van der Waals surface area contributed by atoms with Crippen LogP contribution in [0.1, 0.15) is 30.1 Å². The molecule has 24 heavy (non-hydrogen) atoms. The van der Waals surface area contributed by atoms with Crippen molar-refractivity contribution in [2.24, 2.45) is 0 Å². The summed E-state index contributed by atoms with van der Waals surface area (Å²) in [7, 11) is 0. The number of anilines is 1. The van der Waals surface area contributed by atoms with Crippen LogP contribution in [0.15, 0.2) is 66.9 Å². The number of rotatable bonds is 2. The van der Waals surface area contributed by atoms with E-state index in [4.69, 9.17) is 0 Å². The van der Waals surface area contributed by atoms with Crippen LogP contribution >= 0.6 is 0 Å². The third-order valence-electron chi connectivity index (χ3n) is 5.15. The molecule has 0 aliphatic carbocycles. The molecule has 3 aromatic rings. The van der Waals surface area contributed by atoms with Crippen molar-refractivity contribution in [2.75, 3.05) is 11.4 Å². The number of fused-ring (bicyclic) bond motifs is 2. The Labute approximate surface area is 141 Å². The van der Waals surface area contributed by atoms with Gasteiger partial charge in [-0.1, -0.05) is 18.2 Å². The second-order valence-electron chi connectivity index (χ2n) is 6.64. The number of benzene rings is 1. The number of aromatic nitrogens is 2. The number of nitrogens with zero attached hydrogens (tertiary/aromatic N) is 4. The first-order valence-electron chi connectivity index (χ1n) is 8.55. The lowest BCUT2D eigenvalue weighted by Gasteiger charge is -2.33. The molecule has 5 rings (SSSR count). The lowest BCUT2D eigenvalue weighted by Crippen LogP contribution is -2.31. The topological polar surface area (TPSA) is 23.8 Å². The number of hydrogen-bond donors (Lipinski definition) is 0. The van der Waals surface area contributed by atoms with E-state index in [1.165, 1.54) is 35.4 Å². The minimum atomic E-state index is 0.232. The second kappa shape index (κ2) is 5.13. The second-order valence-corrected chi connectivity index (χ2v) is 6.64. The van der Waals surface area contributed by atoms with Gasteiger partial charge in [0, 0.05) is 48.3 Å². The van der Waals surface area contributed by atoms with Crippen molar-refractivity contribution in [3.05, 3.63) is 78.0 Å². The van der Waals surface area contributed by atoms with Gasteiger partial charge in [-0.3, -0.25) is 0 Å². The van der Waals surface area contributed by atoms with E-state index in [1.54, 1.807) is 0 Å². The SMILES string of the molecule is Cc1ccccc1N1C=C2CCCN2C1c1ccc2nccn2c1. The van der Waals surface area contributed by atoms with Crippen molar-refractivity contribution in [1.82, 2.24) is 14.3 Å². The number of para-hydroxylation sites is 1. The van der Waals surface area contributed by atoms with Gasteiger partial charge in [0.05, 0.1) is 0 Å². The summed E-state index contributed by atoms with van der Waals surface area (Å²) >= 11 is 0. The molecule has 0 amide bonds. The van der Waals surface area contributed by atoms with Crippen LogP contribution in [-0.2, 0) is 0 Å². The summed E-state index contributed by atoms with van der Waals surface area (Å²) in [5.41, 5.74) is 6.35. The first-order valence-corrected chi connectivity index (χ1v) is 8.55. The van der Waals surface area contributed by atoms with Gasteiger partial charge in [-0.05, 0) is 43.5 Å². The maximum absolute atomic E-state index is 4.37. The average molecular weight is 316 g/mol. The van der Waals surface area contributed by atoms with Gasteiger partial charge in [0.2, 0.25) is 0 Å². The van der Waals surface area contributed by atoms with E-state index < -0.39 is 0 Å². The van der Waals surface area contributed by atoms with E-state index in [-0.39, 0.29) is 6.17 Å². The Kier molecular flexibility index (Phi) is 2.92. The Morgan fingerprint density at radius 3 is 2.96 bits per heavy atom. The van der Waals surface area contributed by atoms with Gasteiger partial charge in [0.15, 0.2) is 0 Å². The number of hydrogen-bond acceptors (Lipinski definition) is 3. The molecule has 0 N–H and O–H groups in total. The molecule has 120 valence electrons. The van der Waals surface area contributed by atoms with Gasteiger partial charge < -0.3 is 14.2 Å². The Morgan fingerprint density at radius 2 is 2.04 bits per heavy atom. The maximum atomic E-state index is 4.37. The van der Waals surface area contributed by atoms with Crippen LogP contribution in [0.4, 0.5) is 5.69 Å². The smallest absolute Gasteiger partial charge is 0.136 e. The van der Waals surface area contributed by atoms with E-state index in [0.717, 1.165) is 12.2 Å². The number of imidazole rings is 1. The molecule has 2 aliphatic rings. The predicted octanol–water partition coefficient (Wildman–Crippen LogP) is 4.10. The maximum Gasteiger partial charge on any atom is 0.136 e. The quantitative estimate of drug-likeness (QED) is 0.711.